The van der Waals surface area contributed by atoms with Crippen molar-refractivity contribution in [2.75, 3.05) is 19.2 Å². The van der Waals surface area contributed by atoms with Crippen molar-refractivity contribution in [1.29, 1.82) is 0 Å². The van der Waals surface area contributed by atoms with Crippen molar-refractivity contribution in [3.8, 4) is 0 Å². The fourth-order valence-electron chi connectivity index (χ4n) is 1.73. The Kier molecular flexibility index (Phi) is 10.5. The molecule has 0 bridgehead atoms. The van der Waals surface area contributed by atoms with Gasteiger partial charge in [0.05, 0.1) is 12.5 Å². The van der Waals surface area contributed by atoms with Gasteiger partial charge < -0.3 is 33.1 Å². The quantitative estimate of drug-likeness (QED) is 0.313. The van der Waals surface area contributed by atoms with Crippen molar-refractivity contribution in [2.24, 2.45) is 5.92 Å². The van der Waals surface area contributed by atoms with E-state index in [0.717, 1.165) is 0 Å². The number of alkyl carbamates (subject to hydrolysis) is 1. The first-order valence-electron chi connectivity index (χ1n) is 8.79. The van der Waals surface area contributed by atoms with Crippen molar-refractivity contribution >= 4 is 35.1 Å². The summed E-state index contributed by atoms with van der Waals surface area (Å²) in [5.41, 5.74) is 0. The molecule has 1 amide bonds. The monoisotopic (exact) mass is 449 g/mol. The largest absolute Gasteiger partial charge is 0.519 e. The van der Waals surface area contributed by atoms with E-state index in [-0.39, 0.29) is 30.5 Å². The normalized spacial score (nSPS) is 11.5. The fraction of sp³-hybridized carbons (Fsp3) is 0.588. The maximum atomic E-state index is 12.0. The molecular formula is C17H23NO11S. The first-order valence-corrected chi connectivity index (χ1v) is 9.78. The van der Waals surface area contributed by atoms with Gasteiger partial charge in [-0.15, -0.1) is 0 Å². The number of ether oxygens (including phenoxy) is 4. The summed E-state index contributed by atoms with van der Waals surface area (Å²) in [7, 11) is 0. The molecule has 0 spiro atoms. The van der Waals surface area contributed by atoms with Crippen LogP contribution in [0.25, 0.3) is 0 Å². The zero-order chi connectivity index (χ0) is 22.7. The van der Waals surface area contributed by atoms with Crippen LogP contribution in [0.15, 0.2) is 13.6 Å². The first-order chi connectivity index (χ1) is 14.1. The second-order valence-electron chi connectivity index (χ2n) is 5.90. The smallest absolute Gasteiger partial charge is 0.464 e. The molecule has 30 heavy (non-hydrogen) atoms. The number of hydrogen-bond acceptors (Lipinski definition) is 12. The summed E-state index contributed by atoms with van der Waals surface area (Å²) in [6.07, 6.45) is -1.05. The Balaban J connectivity index is 2.50. The SMILES string of the molecule is CCOC(=O)[C@H](CSC(=O)OCc1oc(=O)oc1C)NC(=O)OCOC(=O)C(C)C. The molecular weight excluding hydrogens is 426 g/mol. The van der Waals surface area contributed by atoms with Crippen LogP contribution in [-0.4, -0.2) is 48.5 Å². The second kappa shape index (κ2) is 12.6. The Bertz CT molecular complexity index is 798. The summed E-state index contributed by atoms with van der Waals surface area (Å²) in [4.78, 5) is 57.9. The fourth-order valence-corrected chi connectivity index (χ4v) is 2.39. The van der Waals surface area contributed by atoms with Gasteiger partial charge in [-0.3, -0.25) is 4.79 Å². The summed E-state index contributed by atoms with van der Waals surface area (Å²) >= 11 is 0.577. The van der Waals surface area contributed by atoms with Gasteiger partial charge in [-0.2, -0.15) is 0 Å². The van der Waals surface area contributed by atoms with Crippen LogP contribution < -0.4 is 11.1 Å². The summed E-state index contributed by atoms with van der Waals surface area (Å²) in [5, 5.41) is 1.42. The number of rotatable bonds is 10. The van der Waals surface area contributed by atoms with Crippen LogP contribution in [0.1, 0.15) is 32.3 Å². The Morgan fingerprint density at radius 1 is 1.03 bits per heavy atom. The van der Waals surface area contributed by atoms with E-state index >= 15 is 0 Å². The van der Waals surface area contributed by atoms with Crippen LogP contribution in [0.4, 0.5) is 9.59 Å². The lowest BCUT2D eigenvalue weighted by atomic mass is 10.2. The van der Waals surface area contributed by atoms with Gasteiger partial charge >= 0.3 is 29.2 Å². The van der Waals surface area contributed by atoms with Crippen molar-refractivity contribution in [3.63, 3.8) is 0 Å². The van der Waals surface area contributed by atoms with E-state index in [1.807, 2.05) is 0 Å². The number of hydrogen-bond donors (Lipinski definition) is 1. The van der Waals surface area contributed by atoms with Crippen LogP contribution >= 0.6 is 11.8 Å². The number of thioether (sulfide) groups is 1. The highest BCUT2D eigenvalue weighted by atomic mass is 32.2. The van der Waals surface area contributed by atoms with Gasteiger partial charge in [-0.25, -0.2) is 19.2 Å². The Labute approximate surface area is 175 Å². The van der Waals surface area contributed by atoms with Crippen molar-refractivity contribution in [2.45, 2.75) is 40.3 Å². The van der Waals surface area contributed by atoms with Crippen molar-refractivity contribution in [3.05, 3.63) is 22.1 Å². The average Bonchev–Trinajstić information content (AvgIpc) is 3.00. The molecule has 1 aromatic rings. The predicted molar refractivity (Wildman–Crippen MR) is 100 cm³/mol. The third-order valence-corrected chi connectivity index (χ3v) is 4.10. The van der Waals surface area contributed by atoms with Gasteiger partial charge in [0.1, 0.15) is 6.04 Å². The van der Waals surface area contributed by atoms with Gasteiger partial charge in [0.2, 0.25) is 6.79 Å². The van der Waals surface area contributed by atoms with E-state index in [1.165, 1.54) is 6.92 Å². The third kappa shape index (κ3) is 9.03. The maximum Gasteiger partial charge on any atom is 0.519 e. The minimum Gasteiger partial charge on any atom is -0.464 e. The van der Waals surface area contributed by atoms with E-state index in [2.05, 4.69) is 18.9 Å². The molecule has 0 saturated heterocycles. The zero-order valence-corrected chi connectivity index (χ0v) is 17.7. The van der Waals surface area contributed by atoms with Crippen LogP contribution in [0, 0.1) is 12.8 Å². The highest BCUT2D eigenvalue weighted by molar-refractivity contribution is 8.13. The number of aryl methyl sites for hydroxylation is 1. The highest BCUT2D eigenvalue weighted by Gasteiger charge is 2.25. The summed E-state index contributed by atoms with van der Waals surface area (Å²) < 4.78 is 28.4. The number of amides is 1. The third-order valence-electron chi connectivity index (χ3n) is 3.25. The van der Waals surface area contributed by atoms with Crippen molar-refractivity contribution < 1.29 is 47.0 Å². The molecule has 13 heteroatoms. The number of nitrogens with one attached hydrogen (secondary N) is 1. The van der Waals surface area contributed by atoms with E-state index in [1.54, 1.807) is 20.8 Å². The summed E-state index contributed by atoms with van der Waals surface area (Å²) in [6, 6.07) is -1.23. The van der Waals surface area contributed by atoms with Gasteiger partial charge in [0.25, 0.3) is 0 Å². The molecule has 0 saturated carbocycles. The number of carbonyl (C=O) groups excluding carboxylic acids is 4. The lowest BCUT2D eigenvalue weighted by Gasteiger charge is -2.16. The standard InChI is InChI=1S/C17H23NO11S/c1-5-24-14(20)11(18-15(21)27-8-26-13(19)9(2)3)7-30-17(23)25-6-12-10(4)28-16(22)29-12/h9,11H,5-8H2,1-4H3,(H,18,21)/t11-/m0/s1. The molecule has 1 aromatic heterocycles. The molecule has 1 N–H and O–H groups in total. The summed E-state index contributed by atoms with van der Waals surface area (Å²) in [6.45, 7) is 5.32. The van der Waals surface area contributed by atoms with Crippen LogP contribution in [0.3, 0.4) is 0 Å². The molecule has 0 aromatic carbocycles. The van der Waals surface area contributed by atoms with Crippen LogP contribution in [-0.2, 0) is 35.1 Å². The number of carbonyl (C=O) groups is 4. The molecule has 1 atom stereocenters. The molecule has 0 unspecified atom stereocenters. The first kappa shape index (κ1) is 25.1. The minimum atomic E-state index is -1.23. The summed E-state index contributed by atoms with van der Waals surface area (Å²) in [5.74, 6) is -2.69. The molecule has 0 radical (unpaired) electrons. The highest BCUT2D eigenvalue weighted by Crippen LogP contribution is 2.13. The average molecular weight is 449 g/mol. The van der Waals surface area contributed by atoms with Crippen LogP contribution in [0.5, 0.6) is 0 Å². The number of esters is 2. The Morgan fingerprint density at radius 2 is 1.73 bits per heavy atom. The lowest BCUT2D eigenvalue weighted by molar-refractivity contribution is -0.156. The topological polar surface area (TPSA) is 161 Å². The van der Waals surface area contributed by atoms with Gasteiger partial charge in [0, 0.05) is 5.75 Å². The molecule has 0 fully saturated rings. The van der Waals surface area contributed by atoms with Gasteiger partial charge in [-0.05, 0) is 25.6 Å². The van der Waals surface area contributed by atoms with Gasteiger partial charge in [0.15, 0.2) is 18.1 Å². The van der Waals surface area contributed by atoms with E-state index in [0.29, 0.717) is 11.8 Å². The second-order valence-corrected chi connectivity index (χ2v) is 6.86. The van der Waals surface area contributed by atoms with Crippen LogP contribution in [0.2, 0.25) is 0 Å². The zero-order valence-electron chi connectivity index (χ0n) is 16.9. The molecule has 1 heterocycles. The molecule has 168 valence electrons. The molecule has 0 aliphatic rings. The van der Waals surface area contributed by atoms with E-state index in [9.17, 15) is 24.0 Å². The van der Waals surface area contributed by atoms with Gasteiger partial charge in [-0.1, -0.05) is 13.8 Å². The minimum absolute atomic E-state index is 0.0476. The maximum absolute atomic E-state index is 12.0. The Morgan fingerprint density at radius 3 is 2.30 bits per heavy atom. The lowest BCUT2D eigenvalue weighted by Crippen LogP contribution is -2.44. The molecule has 12 nitrogen and oxygen atoms in total. The molecule has 1 rings (SSSR count). The Hall–Kier alpha value is -2.96. The predicted octanol–water partition coefficient (Wildman–Crippen LogP) is 1.73. The van der Waals surface area contributed by atoms with Crippen molar-refractivity contribution in [1.82, 2.24) is 5.32 Å². The molecule has 0 aliphatic heterocycles. The van der Waals surface area contributed by atoms with E-state index < -0.39 is 47.9 Å². The van der Waals surface area contributed by atoms with E-state index in [4.69, 9.17) is 14.2 Å². The molecule has 0 aliphatic carbocycles.